The van der Waals surface area contributed by atoms with Crippen LogP contribution in [0.1, 0.15) is 27.2 Å². The van der Waals surface area contributed by atoms with Crippen LogP contribution in [0.3, 0.4) is 0 Å². The molecule has 0 unspecified atom stereocenters. The number of nitro benzene ring substituents is 1. The van der Waals surface area contributed by atoms with Crippen molar-refractivity contribution >= 4 is 23.2 Å². The summed E-state index contributed by atoms with van der Waals surface area (Å²) < 4.78 is 2.10. The van der Waals surface area contributed by atoms with Gasteiger partial charge in [0.25, 0.3) is 11.6 Å². The molecule has 0 radical (unpaired) electrons. The molecule has 0 aliphatic carbocycles. The summed E-state index contributed by atoms with van der Waals surface area (Å²) in [6, 6.07) is 16.0. The first-order valence-corrected chi connectivity index (χ1v) is 9.81. The Hall–Kier alpha value is -3.38. The lowest BCUT2D eigenvalue weighted by atomic mass is 10.1. The van der Waals surface area contributed by atoms with Crippen LogP contribution in [0.2, 0.25) is 5.02 Å². The van der Waals surface area contributed by atoms with E-state index in [0.717, 1.165) is 5.69 Å². The van der Waals surface area contributed by atoms with Crippen molar-refractivity contribution in [3.05, 3.63) is 111 Å². The van der Waals surface area contributed by atoms with Gasteiger partial charge in [0.2, 0.25) is 0 Å². The average molecular weight is 424 g/mol. The molecular weight excluding hydrogens is 402 g/mol. The van der Waals surface area contributed by atoms with Gasteiger partial charge in [-0.05, 0) is 36.2 Å². The Morgan fingerprint density at radius 3 is 2.67 bits per heavy atom. The predicted molar refractivity (Wildman–Crippen MR) is 118 cm³/mol. The van der Waals surface area contributed by atoms with Crippen molar-refractivity contribution in [2.45, 2.75) is 20.0 Å². The van der Waals surface area contributed by atoms with Crippen LogP contribution >= 0.6 is 11.6 Å². The molecule has 3 rings (SSSR count). The fourth-order valence-corrected chi connectivity index (χ4v) is 3.51. The van der Waals surface area contributed by atoms with Crippen LogP contribution in [-0.2, 0) is 13.1 Å². The maximum absolute atomic E-state index is 13.1. The topological polar surface area (TPSA) is 68.4 Å². The minimum Gasteiger partial charge on any atom is -0.345 e. The van der Waals surface area contributed by atoms with Gasteiger partial charge >= 0.3 is 0 Å². The maximum atomic E-state index is 13.1. The summed E-state index contributed by atoms with van der Waals surface area (Å²) in [7, 11) is 0. The second-order valence-electron chi connectivity index (χ2n) is 6.95. The first-order chi connectivity index (χ1) is 14.4. The van der Waals surface area contributed by atoms with E-state index in [9.17, 15) is 14.9 Å². The molecule has 0 aliphatic rings. The van der Waals surface area contributed by atoms with Crippen molar-refractivity contribution in [3.8, 4) is 0 Å². The largest absolute Gasteiger partial charge is 0.345 e. The number of amides is 1. The van der Waals surface area contributed by atoms with Gasteiger partial charge in [-0.2, -0.15) is 0 Å². The normalized spacial score (nSPS) is 10.6. The molecule has 0 spiro atoms. The molecule has 0 N–H and O–H groups in total. The first kappa shape index (κ1) is 21.3. The Kier molecular flexibility index (Phi) is 6.69. The highest BCUT2D eigenvalue weighted by atomic mass is 35.5. The van der Waals surface area contributed by atoms with Crippen molar-refractivity contribution in [3.63, 3.8) is 0 Å². The summed E-state index contributed by atoms with van der Waals surface area (Å²) in [5, 5.41) is 11.0. The number of hydrogen-bond donors (Lipinski definition) is 0. The molecule has 0 aliphatic heterocycles. The zero-order chi connectivity index (χ0) is 21.7. The molecule has 1 aromatic heterocycles. The van der Waals surface area contributed by atoms with Crippen molar-refractivity contribution in [1.29, 1.82) is 0 Å². The van der Waals surface area contributed by atoms with Gasteiger partial charge in [-0.1, -0.05) is 41.9 Å². The third kappa shape index (κ3) is 4.78. The quantitative estimate of drug-likeness (QED) is 0.283. The highest BCUT2D eigenvalue weighted by molar-refractivity contribution is 6.34. The number of benzene rings is 2. The Balaban J connectivity index is 1.84. The van der Waals surface area contributed by atoms with E-state index in [2.05, 4.69) is 30.2 Å². The van der Waals surface area contributed by atoms with Crippen LogP contribution < -0.4 is 0 Å². The monoisotopic (exact) mass is 423 g/mol. The standard InChI is InChI=1S/C23H22ClN3O3/c1-3-12-26(23(28)21-11-10-19(27(29)30)14-22(21)24)16-20-9-6-13-25(20)15-18-8-5-4-7-17(18)2/h3-11,13-14H,1,12,15-16H2,2H3. The predicted octanol–water partition coefficient (Wildman–Crippen LogP) is 5.23. The van der Waals surface area contributed by atoms with Crippen molar-refractivity contribution < 1.29 is 9.72 Å². The van der Waals surface area contributed by atoms with E-state index in [4.69, 9.17) is 11.6 Å². The molecule has 6 nitrogen and oxygen atoms in total. The van der Waals surface area contributed by atoms with Crippen LogP contribution in [-0.4, -0.2) is 26.8 Å². The van der Waals surface area contributed by atoms with Gasteiger partial charge in [0, 0.05) is 37.1 Å². The molecule has 0 atom stereocenters. The molecule has 0 saturated heterocycles. The lowest BCUT2D eigenvalue weighted by molar-refractivity contribution is -0.384. The number of aromatic nitrogens is 1. The number of nitro groups is 1. The summed E-state index contributed by atoms with van der Waals surface area (Å²) >= 11 is 6.17. The van der Waals surface area contributed by atoms with Gasteiger partial charge < -0.3 is 9.47 Å². The smallest absolute Gasteiger partial charge is 0.270 e. The SMILES string of the molecule is C=CCN(Cc1cccn1Cc1ccccc1C)C(=O)c1ccc([N+](=O)[O-])cc1Cl. The molecule has 0 bridgehead atoms. The number of nitrogens with zero attached hydrogens (tertiary/aromatic N) is 3. The van der Waals surface area contributed by atoms with Gasteiger partial charge in [-0.3, -0.25) is 14.9 Å². The fraction of sp³-hybridized carbons (Fsp3) is 0.174. The van der Waals surface area contributed by atoms with Crippen molar-refractivity contribution in [1.82, 2.24) is 9.47 Å². The van der Waals surface area contributed by atoms with E-state index in [1.807, 2.05) is 30.5 Å². The Morgan fingerprint density at radius 1 is 1.23 bits per heavy atom. The Morgan fingerprint density at radius 2 is 2.00 bits per heavy atom. The summed E-state index contributed by atoms with van der Waals surface area (Å²) in [6.07, 6.45) is 3.63. The third-order valence-electron chi connectivity index (χ3n) is 4.91. The molecule has 3 aromatic rings. The maximum Gasteiger partial charge on any atom is 0.270 e. The Labute approximate surface area is 180 Å². The second kappa shape index (κ2) is 9.41. The molecule has 0 fully saturated rings. The minimum absolute atomic E-state index is 0.0542. The van der Waals surface area contributed by atoms with Crippen LogP contribution in [0.25, 0.3) is 0 Å². The molecule has 2 aromatic carbocycles. The van der Waals surface area contributed by atoms with Gasteiger partial charge in [0.1, 0.15) is 0 Å². The lowest BCUT2D eigenvalue weighted by Crippen LogP contribution is -2.31. The number of halogens is 1. The highest BCUT2D eigenvalue weighted by Crippen LogP contribution is 2.24. The van der Waals surface area contributed by atoms with E-state index in [0.29, 0.717) is 19.6 Å². The molecular formula is C23H22ClN3O3. The summed E-state index contributed by atoms with van der Waals surface area (Å²) in [4.78, 5) is 25.1. The van der Waals surface area contributed by atoms with Gasteiger partial charge in [-0.15, -0.1) is 6.58 Å². The molecule has 30 heavy (non-hydrogen) atoms. The van der Waals surface area contributed by atoms with Crippen LogP contribution in [0.4, 0.5) is 5.69 Å². The van der Waals surface area contributed by atoms with E-state index in [1.54, 1.807) is 11.0 Å². The minimum atomic E-state index is -0.542. The number of aryl methyl sites for hydroxylation is 1. The van der Waals surface area contributed by atoms with E-state index < -0.39 is 4.92 Å². The van der Waals surface area contributed by atoms with Crippen LogP contribution in [0.15, 0.2) is 73.4 Å². The van der Waals surface area contributed by atoms with Gasteiger partial charge in [0.15, 0.2) is 0 Å². The van der Waals surface area contributed by atoms with E-state index in [1.165, 1.54) is 29.3 Å². The Bertz CT molecular complexity index is 1090. The molecule has 7 heteroatoms. The zero-order valence-electron chi connectivity index (χ0n) is 16.6. The van der Waals surface area contributed by atoms with Gasteiger partial charge in [-0.25, -0.2) is 0 Å². The molecule has 0 saturated carbocycles. The number of carbonyl (C=O) groups is 1. The lowest BCUT2D eigenvalue weighted by Gasteiger charge is -2.23. The van der Waals surface area contributed by atoms with Crippen LogP contribution in [0.5, 0.6) is 0 Å². The summed E-state index contributed by atoms with van der Waals surface area (Å²) in [6.45, 7) is 7.19. The molecule has 154 valence electrons. The highest BCUT2D eigenvalue weighted by Gasteiger charge is 2.21. The number of hydrogen-bond acceptors (Lipinski definition) is 3. The fourth-order valence-electron chi connectivity index (χ4n) is 3.25. The van der Waals surface area contributed by atoms with Crippen molar-refractivity contribution in [2.75, 3.05) is 6.54 Å². The number of non-ortho nitro benzene ring substituents is 1. The van der Waals surface area contributed by atoms with Crippen molar-refractivity contribution in [2.24, 2.45) is 0 Å². The third-order valence-corrected chi connectivity index (χ3v) is 5.22. The average Bonchev–Trinajstić information content (AvgIpc) is 3.15. The molecule has 1 amide bonds. The first-order valence-electron chi connectivity index (χ1n) is 9.43. The van der Waals surface area contributed by atoms with E-state index >= 15 is 0 Å². The summed E-state index contributed by atoms with van der Waals surface area (Å²) in [5.41, 5.74) is 3.44. The zero-order valence-corrected chi connectivity index (χ0v) is 17.4. The molecule has 1 heterocycles. The van der Waals surface area contributed by atoms with Crippen LogP contribution in [0, 0.1) is 17.0 Å². The van der Waals surface area contributed by atoms with E-state index in [-0.39, 0.29) is 22.2 Å². The summed E-state index contributed by atoms with van der Waals surface area (Å²) in [5.74, 6) is -0.307. The number of carbonyl (C=O) groups excluding carboxylic acids is 1. The van der Waals surface area contributed by atoms with Gasteiger partial charge in [0.05, 0.1) is 22.1 Å². The number of rotatable bonds is 8. The second-order valence-corrected chi connectivity index (χ2v) is 7.36.